The van der Waals surface area contributed by atoms with Gasteiger partial charge >= 0.3 is 0 Å². The number of ether oxygens (including phenoxy) is 3. The lowest BCUT2D eigenvalue weighted by Crippen LogP contribution is -2.25. The van der Waals surface area contributed by atoms with Gasteiger partial charge in [0.2, 0.25) is 5.75 Å². The highest BCUT2D eigenvalue weighted by atomic mass is 16.5. The highest BCUT2D eigenvalue weighted by Crippen LogP contribution is 2.38. The Morgan fingerprint density at radius 2 is 1.83 bits per heavy atom. The molecule has 2 aromatic rings. The third kappa shape index (κ3) is 3.94. The first-order chi connectivity index (χ1) is 11.1. The number of carbonyl (C=O) groups is 1. The lowest BCUT2D eigenvalue weighted by Gasteiger charge is -2.14. The van der Waals surface area contributed by atoms with E-state index in [9.17, 15) is 4.79 Å². The van der Waals surface area contributed by atoms with Crippen molar-refractivity contribution >= 4 is 5.91 Å². The molecule has 7 nitrogen and oxygen atoms in total. The summed E-state index contributed by atoms with van der Waals surface area (Å²) >= 11 is 0. The maximum atomic E-state index is 12.3. The van der Waals surface area contributed by atoms with Crippen LogP contribution < -0.4 is 19.5 Å². The van der Waals surface area contributed by atoms with Gasteiger partial charge in [0.05, 0.1) is 33.4 Å². The maximum absolute atomic E-state index is 12.3. The Morgan fingerprint density at radius 1 is 1.17 bits per heavy atom. The maximum Gasteiger partial charge on any atom is 0.251 e. The van der Waals surface area contributed by atoms with Crippen molar-refractivity contribution in [1.82, 2.24) is 14.9 Å². The molecule has 0 aliphatic rings. The third-order valence-electron chi connectivity index (χ3n) is 3.35. The zero-order valence-electron chi connectivity index (χ0n) is 13.8. The van der Waals surface area contributed by atoms with Crippen LogP contribution in [0.15, 0.2) is 24.7 Å². The van der Waals surface area contributed by atoms with Gasteiger partial charge in [0.1, 0.15) is 0 Å². The normalized spacial score (nSPS) is 10.3. The quantitative estimate of drug-likeness (QED) is 0.835. The molecule has 0 saturated heterocycles. The molecule has 124 valence electrons. The molecule has 0 saturated carbocycles. The second kappa shape index (κ2) is 7.53. The fraction of sp³-hybridized carbons (Fsp3) is 0.375. The molecule has 0 aliphatic heterocycles. The van der Waals surface area contributed by atoms with E-state index in [4.69, 9.17) is 14.2 Å². The summed E-state index contributed by atoms with van der Waals surface area (Å²) in [6.45, 7) is 0.493. The minimum absolute atomic E-state index is 0.208. The fourth-order valence-electron chi connectivity index (χ4n) is 2.21. The number of nitrogens with one attached hydrogen (secondary N) is 1. The smallest absolute Gasteiger partial charge is 0.251 e. The van der Waals surface area contributed by atoms with Gasteiger partial charge in [-0.1, -0.05) is 0 Å². The molecule has 1 heterocycles. The number of methoxy groups -OCH3 is 3. The molecular formula is C16H21N3O4. The summed E-state index contributed by atoms with van der Waals surface area (Å²) in [4.78, 5) is 16.5. The van der Waals surface area contributed by atoms with Crippen LogP contribution in [0.25, 0.3) is 0 Å². The van der Waals surface area contributed by atoms with E-state index in [0.29, 0.717) is 35.8 Å². The lowest BCUT2D eigenvalue weighted by molar-refractivity contribution is 0.0953. The molecule has 0 fully saturated rings. The van der Waals surface area contributed by atoms with Crippen molar-refractivity contribution < 1.29 is 19.0 Å². The zero-order valence-corrected chi connectivity index (χ0v) is 13.8. The number of rotatable bonds is 7. The van der Waals surface area contributed by atoms with Gasteiger partial charge in [-0.05, 0) is 12.1 Å². The van der Waals surface area contributed by atoms with Crippen molar-refractivity contribution in [3.8, 4) is 17.2 Å². The van der Waals surface area contributed by atoms with Crippen molar-refractivity contribution in [1.29, 1.82) is 0 Å². The van der Waals surface area contributed by atoms with E-state index >= 15 is 0 Å². The number of imidazole rings is 1. The van der Waals surface area contributed by atoms with E-state index in [-0.39, 0.29) is 5.91 Å². The molecule has 1 N–H and O–H groups in total. The standard InChI is InChI=1S/C16H21N3O4/c1-19-9-12(18-10-19)5-6-17-16(20)11-7-13(21-2)15(23-4)14(8-11)22-3/h7-10H,5-6H2,1-4H3,(H,17,20). The largest absolute Gasteiger partial charge is 0.493 e. The first kappa shape index (κ1) is 16.7. The first-order valence-corrected chi connectivity index (χ1v) is 7.14. The predicted octanol–water partition coefficient (Wildman–Crippen LogP) is 1.42. The zero-order chi connectivity index (χ0) is 16.8. The number of benzene rings is 1. The number of hydrogen-bond acceptors (Lipinski definition) is 5. The summed E-state index contributed by atoms with van der Waals surface area (Å²) in [5.74, 6) is 1.14. The van der Waals surface area contributed by atoms with Gasteiger partial charge in [-0.15, -0.1) is 0 Å². The van der Waals surface area contributed by atoms with E-state index in [1.54, 1.807) is 18.5 Å². The van der Waals surface area contributed by atoms with Crippen molar-refractivity contribution in [3.05, 3.63) is 35.9 Å². The van der Waals surface area contributed by atoms with Crippen LogP contribution in [0.4, 0.5) is 0 Å². The van der Waals surface area contributed by atoms with E-state index in [0.717, 1.165) is 5.69 Å². The van der Waals surface area contributed by atoms with Gasteiger partial charge in [0.25, 0.3) is 5.91 Å². The van der Waals surface area contributed by atoms with E-state index < -0.39 is 0 Å². The molecule has 0 aliphatic carbocycles. The molecule has 0 unspecified atom stereocenters. The summed E-state index contributed by atoms with van der Waals surface area (Å²) in [5.41, 5.74) is 1.37. The Bertz CT molecular complexity index is 657. The Labute approximate surface area is 135 Å². The van der Waals surface area contributed by atoms with Gasteiger partial charge in [0, 0.05) is 31.8 Å². The van der Waals surface area contributed by atoms with Crippen LogP contribution in [0.5, 0.6) is 17.2 Å². The molecular weight excluding hydrogens is 298 g/mol. The van der Waals surface area contributed by atoms with E-state index in [1.165, 1.54) is 21.3 Å². The van der Waals surface area contributed by atoms with Crippen LogP contribution in [0, 0.1) is 0 Å². The highest BCUT2D eigenvalue weighted by molar-refractivity contribution is 5.95. The van der Waals surface area contributed by atoms with Crippen molar-refractivity contribution in [2.75, 3.05) is 27.9 Å². The molecule has 7 heteroatoms. The molecule has 0 bridgehead atoms. The van der Waals surface area contributed by atoms with Gasteiger partial charge in [-0.25, -0.2) is 4.98 Å². The number of nitrogens with zero attached hydrogens (tertiary/aromatic N) is 2. The van der Waals surface area contributed by atoms with Crippen molar-refractivity contribution in [2.24, 2.45) is 7.05 Å². The Morgan fingerprint density at radius 3 is 2.30 bits per heavy atom. The molecule has 0 spiro atoms. The molecule has 1 aromatic carbocycles. The molecule has 0 radical (unpaired) electrons. The van der Waals surface area contributed by atoms with Gasteiger partial charge in [-0.2, -0.15) is 0 Å². The first-order valence-electron chi connectivity index (χ1n) is 7.14. The Balaban J connectivity index is 2.06. The Hall–Kier alpha value is -2.70. The average molecular weight is 319 g/mol. The number of carbonyl (C=O) groups excluding carboxylic acids is 1. The SMILES string of the molecule is COc1cc(C(=O)NCCc2cn(C)cn2)cc(OC)c1OC. The topological polar surface area (TPSA) is 74.6 Å². The van der Waals surface area contributed by atoms with Crippen LogP contribution in [0.3, 0.4) is 0 Å². The van der Waals surface area contributed by atoms with Gasteiger partial charge < -0.3 is 24.1 Å². The second-order valence-corrected chi connectivity index (χ2v) is 4.95. The number of hydrogen-bond donors (Lipinski definition) is 1. The molecule has 23 heavy (non-hydrogen) atoms. The van der Waals surface area contributed by atoms with Crippen LogP contribution in [0.2, 0.25) is 0 Å². The van der Waals surface area contributed by atoms with Crippen LogP contribution in [-0.4, -0.2) is 43.3 Å². The Kier molecular flexibility index (Phi) is 5.46. The summed E-state index contributed by atoms with van der Waals surface area (Å²) in [6, 6.07) is 3.24. The molecule has 0 atom stereocenters. The lowest BCUT2D eigenvalue weighted by atomic mass is 10.1. The average Bonchev–Trinajstić information content (AvgIpc) is 2.98. The molecule has 1 amide bonds. The number of aromatic nitrogens is 2. The monoisotopic (exact) mass is 319 g/mol. The number of aryl methyl sites for hydroxylation is 1. The van der Waals surface area contributed by atoms with Crippen LogP contribution in [0.1, 0.15) is 16.1 Å². The van der Waals surface area contributed by atoms with Gasteiger partial charge in [-0.3, -0.25) is 4.79 Å². The minimum atomic E-state index is -0.208. The summed E-state index contributed by atoms with van der Waals surface area (Å²) in [6.07, 6.45) is 4.32. The third-order valence-corrected chi connectivity index (χ3v) is 3.35. The molecule has 2 rings (SSSR count). The summed E-state index contributed by atoms with van der Waals surface area (Å²) in [7, 11) is 6.46. The predicted molar refractivity (Wildman–Crippen MR) is 85.3 cm³/mol. The minimum Gasteiger partial charge on any atom is -0.493 e. The fourth-order valence-corrected chi connectivity index (χ4v) is 2.21. The van der Waals surface area contributed by atoms with E-state index in [1.807, 2.05) is 17.8 Å². The summed E-state index contributed by atoms with van der Waals surface area (Å²) in [5, 5.41) is 2.86. The second-order valence-electron chi connectivity index (χ2n) is 4.95. The van der Waals surface area contributed by atoms with Crippen LogP contribution >= 0.6 is 0 Å². The summed E-state index contributed by atoms with van der Waals surface area (Å²) < 4.78 is 17.6. The van der Waals surface area contributed by atoms with Crippen molar-refractivity contribution in [2.45, 2.75) is 6.42 Å². The van der Waals surface area contributed by atoms with Crippen molar-refractivity contribution in [3.63, 3.8) is 0 Å². The highest BCUT2D eigenvalue weighted by Gasteiger charge is 2.16. The number of amides is 1. The van der Waals surface area contributed by atoms with E-state index in [2.05, 4.69) is 10.3 Å². The van der Waals surface area contributed by atoms with Crippen LogP contribution in [-0.2, 0) is 13.5 Å². The van der Waals surface area contributed by atoms with Gasteiger partial charge in [0.15, 0.2) is 11.5 Å². The molecule has 1 aromatic heterocycles.